The van der Waals surface area contributed by atoms with E-state index in [2.05, 4.69) is 5.32 Å². The highest BCUT2D eigenvalue weighted by Gasteiger charge is 2.32. The number of carboxylic acid groups (broad SMARTS) is 6. The Morgan fingerprint density at radius 2 is 0.630 bits per heavy atom. The predicted molar refractivity (Wildman–Crippen MR) is 285 cm³/mol. The number of nitrogens with zero attached hydrogens (tertiary/aromatic N) is 9. The van der Waals surface area contributed by atoms with Gasteiger partial charge in [0.2, 0.25) is 0 Å². The van der Waals surface area contributed by atoms with E-state index >= 15 is 0 Å². The van der Waals surface area contributed by atoms with Gasteiger partial charge in [0.05, 0.1) is 76.4 Å². The van der Waals surface area contributed by atoms with Crippen LogP contribution in [0.25, 0.3) is 0 Å². The number of hydrogen-bond donors (Lipinski definition) is 18. The van der Waals surface area contributed by atoms with Crippen molar-refractivity contribution in [2.75, 3.05) is 197 Å². The average molecular weight is 1180 g/mol. The zero-order valence-electron chi connectivity index (χ0n) is 46.6. The van der Waals surface area contributed by atoms with E-state index in [1.807, 2.05) is 9.80 Å². The first-order valence-corrected chi connectivity index (χ1v) is 26.9. The van der Waals surface area contributed by atoms with Crippen LogP contribution in [0.2, 0.25) is 0 Å². The van der Waals surface area contributed by atoms with Crippen molar-refractivity contribution in [1.29, 1.82) is 0 Å². The summed E-state index contributed by atoms with van der Waals surface area (Å²) in [6.07, 6.45) is -14.0. The molecule has 2 heterocycles. The number of nitrogens with one attached hydrogen (secondary N) is 1. The first kappa shape index (κ1) is 75.0. The van der Waals surface area contributed by atoms with Crippen LogP contribution in [-0.4, -0.2) is 425 Å². The summed E-state index contributed by atoms with van der Waals surface area (Å²) in [7, 11) is 1.62. The molecule has 0 saturated carbocycles. The Labute approximate surface area is 471 Å². The third-order valence-corrected chi connectivity index (χ3v) is 13.6. The van der Waals surface area contributed by atoms with Crippen LogP contribution in [0.15, 0.2) is 0 Å². The Morgan fingerprint density at radius 1 is 0.370 bits per heavy atom. The number of aliphatic hydroxyl groups excluding tert-OH is 11. The molecule has 2 aliphatic heterocycles. The Bertz CT molecular complexity index is 1740. The number of rotatable bonds is 32. The van der Waals surface area contributed by atoms with E-state index in [0.717, 1.165) is 0 Å². The first-order valence-electron chi connectivity index (χ1n) is 26.9. The van der Waals surface area contributed by atoms with Gasteiger partial charge in [0.15, 0.2) is 0 Å². The zero-order valence-corrected chi connectivity index (χ0v) is 46.6. The fourth-order valence-corrected chi connectivity index (χ4v) is 8.98. The number of carbonyl (C=O) groups is 6. The summed E-state index contributed by atoms with van der Waals surface area (Å²) in [6.45, 7) is 4.13. The fourth-order valence-electron chi connectivity index (χ4n) is 8.98. The van der Waals surface area contributed by atoms with Gasteiger partial charge in [-0.15, -0.1) is 0 Å². The van der Waals surface area contributed by atoms with Crippen molar-refractivity contribution in [1.82, 2.24) is 49.4 Å². The fraction of sp³-hybridized carbons (Fsp3) is 0.875. The van der Waals surface area contributed by atoms with Gasteiger partial charge in [-0.2, -0.15) is 0 Å². The van der Waals surface area contributed by atoms with Crippen LogP contribution in [0.3, 0.4) is 0 Å². The number of carboxylic acids is 6. The molecule has 0 aromatic carbocycles. The lowest BCUT2D eigenvalue weighted by atomic mass is 10.0. The smallest absolute Gasteiger partial charge is 0.317 e. The molecule has 2 fully saturated rings. The Kier molecular flexibility index (Phi) is 38.0. The summed E-state index contributed by atoms with van der Waals surface area (Å²) in [6, 6.07) is 0. The molecule has 33 nitrogen and oxygen atoms in total. The van der Waals surface area contributed by atoms with E-state index in [-0.39, 0.29) is 137 Å². The van der Waals surface area contributed by atoms with Crippen molar-refractivity contribution in [2.45, 2.75) is 74.4 Å². The highest BCUT2D eigenvalue weighted by molar-refractivity contribution is 5.71. The van der Waals surface area contributed by atoms with Crippen molar-refractivity contribution >= 4 is 35.8 Å². The molecule has 33 heteroatoms. The molecule has 0 aromatic heterocycles. The minimum Gasteiger partial charge on any atom is -0.480 e. The van der Waals surface area contributed by atoms with E-state index in [9.17, 15) is 110 Å². The lowest BCUT2D eigenvalue weighted by Crippen LogP contribution is -2.51. The number of aliphatic hydroxyl groups is 11. The van der Waals surface area contributed by atoms with Crippen molar-refractivity contribution < 1.29 is 116 Å². The van der Waals surface area contributed by atoms with Crippen LogP contribution >= 0.6 is 0 Å². The second kappa shape index (κ2) is 41.1. The van der Waals surface area contributed by atoms with Crippen LogP contribution in [-0.2, 0) is 28.8 Å². The predicted octanol–water partition coefficient (Wildman–Crippen LogP) is -10.5. The molecule has 2 rings (SSSR count). The van der Waals surface area contributed by atoms with Crippen LogP contribution < -0.4 is 5.32 Å². The van der Waals surface area contributed by atoms with Gasteiger partial charge in [-0.1, -0.05) is 6.92 Å². The van der Waals surface area contributed by atoms with Crippen molar-refractivity contribution in [3.05, 3.63) is 0 Å². The molecule has 18 N–H and O–H groups in total. The van der Waals surface area contributed by atoms with Gasteiger partial charge in [-0.25, -0.2) is 0 Å². The number of aliphatic carboxylic acids is 6. The highest BCUT2D eigenvalue weighted by atomic mass is 16.4. The summed E-state index contributed by atoms with van der Waals surface area (Å²) in [4.78, 5) is 83.5. The van der Waals surface area contributed by atoms with Gasteiger partial charge in [0, 0.05) is 144 Å². The zero-order chi connectivity index (χ0) is 61.4. The minimum atomic E-state index is -1.77. The summed E-state index contributed by atoms with van der Waals surface area (Å²) in [5.74, 6) is -6.22. The molecule has 81 heavy (non-hydrogen) atoms. The van der Waals surface area contributed by atoms with Crippen LogP contribution in [0.5, 0.6) is 0 Å². The van der Waals surface area contributed by atoms with Gasteiger partial charge in [0.25, 0.3) is 0 Å². The van der Waals surface area contributed by atoms with Crippen molar-refractivity contribution in [3.8, 4) is 0 Å². The minimum absolute atomic E-state index is 0.0270. The third-order valence-electron chi connectivity index (χ3n) is 13.6. The monoisotopic (exact) mass is 1180 g/mol. The topological polar surface area (TPSA) is 488 Å². The molecular weight excluding hydrogens is 1080 g/mol. The third kappa shape index (κ3) is 34.4. The first-order chi connectivity index (χ1) is 38.0. The van der Waals surface area contributed by atoms with Gasteiger partial charge in [-0.05, 0) is 13.5 Å². The number of hydrogen-bond acceptors (Lipinski definition) is 27. The van der Waals surface area contributed by atoms with Gasteiger partial charge < -0.3 is 97.0 Å². The van der Waals surface area contributed by atoms with E-state index in [4.69, 9.17) is 5.11 Å². The quantitative estimate of drug-likeness (QED) is 0.0297. The van der Waals surface area contributed by atoms with Crippen LogP contribution in [0.1, 0.15) is 13.3 Å². The lowest BCUT2D eigenvalue weighted by Gasteiger charge is -2.34. The molecule has 10 atom stereocenters. The standard InChI is InChI=1S/C25H49N5O11.C23H45N5O12/c1-3-19(32)24(40)25(41)20(33)14-26(2)12-18(31)13-27-4-6-28(15-21(34)35)8-10-30(17-23(38)39)11-9-29(7-5-27)16-22(36)37;29-15-18(32)23(40)22(39)17(31)10-24-9-16(30)11-25-1-3-26(12-19(33)34)5-7-28(14-21(37)38)8-6-27(4-2-25)13-20(35)36/h18-20,24-25,31-33,40-41H,3-17H2,1-2H3,(H,34,35)(H,36,37)(H,38,39);16-18,22-24,29-32,39-40H,1-15H2,(H,33,34)(H,35,36)(H,37,38). The Hall–Kier alpha value is -4.02. The molecule has 474 valence electrons. The maximum atomic E-state index is 11.4. The number of β-amino-alcohol motifs (C(OH)–C–C–N with tert-alkyl or cyclic N) is 2. The molecule has 0 aliphatic carbocycles. The largest absolute Gasteiger partial charge is 0.480 e. The summed E-state index contributed by atoms with van der Waals surface area (Å²) < 4.78 is 0. The van der Waals surface area contributed by atoms with Gasteiger partial charge in [-0.3, -0.25) is 68.0 Å². The molecule has 2 saturated heterocycles. The van der Waals surface area contributed by atoms with Crippen LogP contribution in [0.4, 0.5) is 0 Å². The SMILES string of the molecule is CCC(O)C(O)C(O)C(O)CN(C)CC(O)CN1CCN(CC(=O)O)CCN(CC(=O)O)CCN(CC(=O)O)CC1.O=C(O)CN1CCN(CC(=O)O)CCN(CC(O)CNCC(O)C(O)C(O)C(O)CO)CCN(CC(=O)O)CC1. The van der Waals surface area contributed by atoms with E-state index in [1.165, 1.54) is 0 Å². The van der Waals surface area contributed by atoms with E-state index in [0.29, 0.717) is 52.4 Å². The summed E-state index contributed by atoms with van der Waals surface area (Å²) in [5, 5.41) is 168. The number of likely N-dealkylation sites (N-methyl/N-ethyl adjacent to an activating group) is 1. The molecule has 0 spiro atoms. The van der Waals surface area contributed by atoms with Gasteiger partial charge >= 0.3 is 35.8 Å². The molecular formula is C48H94N10O23. The maximum Gasteiger partial charge on any atom is 0.317 e. The summed E-state index contributed by atoms with van der Waals surface area (Å²) in [5.41, 5.74) is 0. The maximum absolute atomic E-state index is 11.4. The second-order valence-corrected chi connectivity index (χ2v) is 20.6. The molecule has 0 amide bonds. The Morgan fingerprint density at radius 3 is 0.914 bits per heavy atom. The van der Waals surface area contributed by atoms with Crippen LogP contribution in [0, 0.1) is 0 Å². The second-order valence-electron chi connectivity index (χ2n) is 20.6. The molecule has 0 bridgehead atoms. The summed E-state index contributed by atoms with van der Waals surface area (Å²) >= 11 is 0. The Balaban J connectivity index is 0.000000810. The van der Waals surface area contributed by atoms with E-state index < -0.39 is 103 Å². The molecule has 0 aromatic rings. The van der Waals surface area contributed by atoms with Gasteiger partial charge in [0.1, 0.15) is 30.5 Å². The molecule has 0 radical (unpaired) electrons. The average Bonchev–Trinajstić information content (AvgIpc) is 3.37. The van der Waals surface area contributed by atoms with Crippen molar-refractivity contribution in [2.24, 2.45) is 0 Å². The highest BCUT2D eigenvalue weighted by Crippen LogP contribution is 2.11. The molecule has 2 aliphatic rings. The van der Waals surface area contributed by atoms with E-state index in [1.54, 1.807) is 48.3 Å². The molecule has 10 unspecified atom stereocenters. The lowest BCUT2D eigenvalue weighted by molar-refractivity contribution is -0.140. The normalized spacial score (nSPS) is 21.4. The van der Waals surface area contributed by atoms with Crippen molar-refractivity contribution in [3.63, 3.8) is 0 Å².